The van der Waals surface area contributed by atoms with Crippen LogP contribution in [-0.4, -0.2) is 29.2 Å². The van der Waals surface area contributed by atoms with Crippen LogP contribution < -0.4 is 16.2 Å². The number of hydrogen-bond donors (Lipinski definition) is 1. The highest BCUT2D eigenvalue weighted by atomic mass is 32.1. The molecule has 0 radical (unpaired) electrons. The first-order chi connectivity index (χ1) is 12.0. The number of thiophene rings is 1. The summed E-state index contributed by atoms with van der Waals surface area (Å²) in [6, 6.07) is 7.50. The van der Waals surface area contributed by atoms with Crippen LogP contribution in [0.1, 0.15) is 6.92 Å². The fourth-order valence-electron chi connectivity index (χ4n) is 2.56. The van der Waals surface area contributed by atoms with Crippen LogP contribution in [0.4, 0.5) is 5.82 Å². The monoisotopic (exact) mass is 359 g/mol. The predicted molar refractivity (Wildman–Crippen MR) is 96.9 cm³/mol. The van der Waals surface area contributed by atoms with Crippen molar-refractivity contribution >= 4 is 33.3 Å². The molecule has 7 nitrogen and oxygen atoms in total. The Bertz CT molecular complexity index is 976. The van der Waals surface area contributed by atoms with Gasteiger partial charge in [-0.15, -0.1) is 11.3 Å². The van der Waals surface area contributed by atoms with E-state index in [2.05, 4.69) is 4.98 Å². The van der Waals surface area contributed by atoms with E-state index in [1.807, 2.05) is 29.6 Å². The number of benzene rings is 1. The zero-order chi connectivity index (χ0) is 18.0. The van der Waals surface area contributed by atoms with Crippen LogP contribution in [0.15, 0.2) is 34.4 Å². The highest BCUT2D eigenvalue weighted by Crippen LogP contribution is 2.36. The Balaban J connectivity index is 2.13. The lowest BCUT2D eigenvalue weighted by Gasteiger charge is -2.08. The first-order valence-electron chi connectivity index (χ1n) is 7.62. The minimum Gasteiger partial charge on any atom is -0.497 e. The van der Waals surface area contributed by atoms with Gasteiger partial charge in [0.05, 0.1) is 19.1 Å². The fraction of sp³-hybridized carbons (Fsp3) is 0.235. The van der Waals surface area contributed by atoms with Crippen molar-refractivity contribution in [1.29, 1.82) is 0 Å². The number of aromatic nitrogens is 2. The normalized spacial score (nSPS) is 10.8. The van der Waals surface area contributed by atoms with Gasteiger partial charge in [-0.1, -0.05) is 12.1 Å². The minimum atomic E-state index is -0.568. The van der Waals surface area contributed by atoms with Gasteiger partial charge in [0, 0.05) is 10.9 Å². The van der Waals surface area contributed by atoms with Crippen molar-refractivity contribution in [2.24, 2.45) is 0 Å². The summed E-state index contributed by atoms with van der Waals surface area (Å²) in [5.74, 6) is 0.401. The lowest BCUT2D eigenvalue weighted by molar-refractivity contribution is -0.143. The van der Waals surface area contributed by atoms with Crippen LogP contribution in [0.25, 0.3) is 21.3 Å². The Labute approximate surface area is 147 Å². The molecule has 0 aliphatic carbocycles. The zero-order valence-corrected chi connectivity index (χ0v) is 14.6. The fourth-order valence-corrected chi connectivity index (χ4v) is 3.64. The van der Waals surface area contributed by atoms with Crippen LogP contribution in [-0.2, 0) is 16.1 Å². The summed E-state index contributed by atoms with van der Waals surface area (Å²) in [6.07, 6.45) is 0. The third-order valence-corrected chi connectivity index (χ3v) is 4.71. The topological polar surface area (TPSA) is 96.4 Å². The number of rotatable bonds is 5. The average molecular weight is 359 g/mol. The van der Waals surface area contributed by atoms with Crippen LogP contribution >= 0.6 is 11.3 Å². The molecule has 3 aromatic rings. The molecule has 2 aromatic heterocycles. The molecule has 0 aliphatic heterocycles. The lowest BCUT2D eigenvalue weighted by Crippen LogP contribution is -2.28. The first-order valence-corrected chi connectivity index (χ1v) is 8.50. The van der Waals surface area contributed by atoms with Gasteiger partial charge in [-0.25, -0.2) is 4.79 Å². The van der Waals surface area contributed by atoms with Crippen LogP contribution in [0, 0.1) is 0 Å². The van der Waals surface area contributed by atoms with Crippen molar-refractivity contribution in [1.82, 2.24) is 9.55 Å². The van der Waals surface area contributed by atoms with Gasteiger partial charge in [-0.2, -0.15) is 4.98 Å². The Morgan fingerprint density at radius 1 is 1.32 bits per heavy atom. The largest absolute Gasteiger partial charge is 0.497 e. The number of nitrogen functional groups attached to an aromatic ring is 1. The highest BCUT2D eigenvalue weighted by Gasteiger charge is 2.18. The number of carbonyl (C=O) groups is 1. The maximum absolute atomic E-state index is 12.2. The van der Waals surface area contributed by atoms with Gasteiger partial charge in [0.2, 0.25) is 0 Å². The van der Waals surface area contributed by atoms with Gasteiger partial charge in [0.25, 0.3) is 0 Å². The molecular formula is C17H17N3O4S. The first kappa shape index (κ1) is 17.0. The van der Waals surface area contributed by atoms with Gasteiger partial charge in [-0.05, 0) is 24.6 Å². The zero-order valence-electron chi connectivity index (χ0n) is 13.8. The van der Waals surface area contributed by atoms with E-state index < -0.39 is 11.7 Å². The Hall–Kier alpha value is -2.87. The SMILES string of the molecule is CCOC(=O)Cn1c(=O)nc(N)c2c(-c3ccc(OC)cc3)csc21. The number of hydrogen-bond acceptors (Lipinski definition) is 7. The number of carbonyl (C=O) groups excluding carboxylic acids is 1. The number of anilines is 1. The smallest absolute Gasteiger partial charge is 0.351 e. The van der Waals surface area contributed by atoms with Gasteiger partial charge in [0.15, 0.2) is 0 Å². The van der Waals surface area contributed by atoms with Crippen molar-refractivity contribution in [3.63, 3.8) is 0 Å². The Morgan fingerprint density at radius 2 is 2.04 bits per heavy atom. The number of methoxy groups -OCH3 is 1. The number of nitrogens with zero attached hydrogens (tertiary/aromatic N) is 2. The van der Waals surface area contributed by atoms with Gasteiger partial charge >= 0.3 is 11.7 Å². The molecule has 0 spiro atoms. The molecule has 2 N–H and O–H groups in total. The molecule has 130 valence electrons. The summed E-state index contributed by atoms with van der Waals surface area (Å²) in [4.78, 5) is 28.4. The highest BCUT2D eigenvalue weighted by molar-refractivity contribution is 7.17. The van der Waals surface area contributed by atoms with Gasteiger partial charge in [0.1, 0.15) is 22.9 Å². The van der Waals surface area contributed by atoms with Crippen molar-refractivity contribution in [3.05, 3.63) is 40.1 Å². The predicted octanol–water partition coefficient (Wildman–Crippen LogP) is 2.28. The molecule has 25 heavy (non-hydrogen) atoms. The van der Waals surface area contributed by atoms with E-state index in [1.54, 1.807) is 14.0 Å². The maximum atomic E-state index is 12.2. The summed E-state index contributed by atoms with van der Waals surface area (Å²) in [5, 5.41) is 2.55. The van der Waals surface area contributed by atoms with E-state index in [-0.39, 0.29) is 19.0 Å². The second-order valence-corrected chi connectivity index (χ2v) is 6.09. The van der Waals surface area contributed by atoms with Gasteiger partial charge in [-0.3, -0.25) is 9.36 Å². The van der Waals surface area contributed by atoms with Crippen LogP contribution in [0.2, 0.25) is 0 Å². The average Bonchev–Trinajstić information content (AvgIpc) is 3.04. The molecule has 0 atom stereocenters. The van der Waals surface area contributed by atoms with E-state index in [0.29, 0.717) is 10.2 Å². The maximum Gasteiger partial charge on any atom is 0.351 e. The van der Waals surface area contributed by atoms with E-state index in [9.17, 15) is 9.59 Å². The molecule has 0 saturated carbocycles. The van der Waals surface area contributed by atoms with Crippen molar-refractivity contribution in [2.45, 2.75) is 13.5 Å². The van der Waals surface area contributed by atoms with Crippen molar-refractivity contribution in [3.8, 4) is 16.9 Å². The number of fused-ring (bicyclic) bond motifs is 1. The third kappa shape index (κ3) is 3.20. The molecule has 3 rings (SSSR count). The summed E-state index contributed by atoms with van der Waals surface area (Å²) in [6.45, 7) is 1.77. The summed E-state index contributed by atoms with van der Waals surface area (Å²) in [5.41, 5.74) is 7.20. The molecule has 0 fully saturated rings. The second kappa shape index (κ2) is 6.94. The van der Waals surface area contributed by atoms with Crippen molar-refractivity contribution in [2.75, 3.05) is 19.5 Å². The quantitative estimate of drug-likeness (QED) is 0.702. The molecule has 0 bridgehead atoms. The lowest BCUT2D eigenvalue weighted by atomic mass is 10.1. The number of nitrogens with two attached hydrogens (primary N) is 1. The molecule has 0 saturated heterocycles. The molecule has 0 unspecified atom stereocenters. The van der Waals surface area contributed by atoms with Crippen molar-refractivity contribution < 1.29 is 14.3 Å². The van der Waals surface area contributed by atoms with E-state index in [0.717, 1.165) is 16.9 Å². The number of esters is 1. The molecular weight excluding hydrogens is 342 g/mol. The van der Waals surface area contributed by atoms with E-state index in [1.165, 1.54) is 15.9 Å². The number of ether oxygens (including phenoxy) is 2. The Kier molecular flexibility index (Phi) is 4.71. The summed E-state index contributed by atoms with van der Waals surface area (Å²) < 4.78 is 11.4. The third-order valence-electron chi connectivity index (χ3n) is 3.71. The second-order valence-electron chi connectivity index (χ2n) is 5.23. The van der Waals surface area contributed by atoms with Gasteiger partial charge < -0.3 is 15.2 Å². The molecule has 2 heterocycles. The minimum absolute atomic E-state index is 0.146. The standard InChI is InChI=1S/C17H17N3O4S/c1-3-24-13(21)8-20-16-14(15(18)19-17(20)22)12(9-25-16)10-4-6-11(23-2)7-5-10/h4-7,9H,3,8H2,1-2H3,(H2,18,19,22). The Morgan fingerprint density at radius 3 is 2.68 bits per heavy atom. The summed E-state index contributed by atoms with van der Waals surface area (Å²) >= 11 is 1.34. The molecule has 0 aliphatic rings. The molecule has 0 amide bonds. The van der Waals surface area contributed by atoms with Crippen LogP contribution in [0.5, 0.6) is 5.75 Å². The molecule has 1 aromatic carbocycles. The van der Waals surface area contributed by atoms with E-state index >= 15 is 0 Å². The summed E-state index contributed by atoms with van der Waals surface area (Å²) in [7, 11) is 1.60. The molecule has 8 heteroatoms. The van der Waals surface area contributed by atoms with E-state index in [4.69, 9.17) is 15.2 Å². The van der Waals surface area contributed by atoms with Crippen LogP contribution in [0.3, 0.4) is 0 Å².